The standard InChI is InChI=1S/C17H20ClNO2/c1-11(2)16(10-18)19-17(20)14-6-4-5-12-7-8-13(21-3)9-15(12)14/h4-9,11,16H,10H2,1-3H3,(H,19,20)/t16-/m1/s1. The summed E-state index contributed by atoms with van der Waals surface area (Å²) < 4.78 is 5.24. The normalized spacial score (nSPS) is 12.4. The fraction of sp³-hybridized carbons (Fsp3) is 0.353. The highest BCUT2D eigenvalue weighted by Gasteiger charge is 2.17. The molecule has 3 nitrogen and oxygen atoms in total. The number of benzene rings is 2. The van der Waals surface area contributed by atoms with Gasteiger partial charge >= 0.3 is 0 Å². The second-order valence-electron chi connectivity index (χ2n) is 5.37. The minimum Gasteiger partial charge on any atom is -0.497 e. The van der Waals surface area contributed by atoms with Crippen LogP contribution in [0.15, 0.2) is 36.4 Å². The summed E-state index contributed by atoms with van der Waals surface area (Å²) in [6.07, 6.45) is 0. The lowest BCUT2D eigenvalue weighted by atomic mass is 10.0. The van der Waals surface area contributed by atoms with E-state index in [0.717, 1.165) is 16.5 Å². The van der Waals surface area contributed by atoms with Gasteiger partial charge in [-0.3, -0.25) is 4.79 Å². The Bertz CT molecular complexity index is 640. The lowest BCUT2D eigenvalue weighted by molar-refractivity contribution is 0.0933. The molecule has 1 atom stereocenters. The van der Waals surface area contributed by atoms with Gasteiger partial charge in [-0.05, 0) is 34.9 Å². The van der Waals surface area contributed by atoms with Gasteiger partial charge in [0.2, 0.25) is 0 Å². The zero-order valence-electron chi connectivity index (χ0n) is 12.5. The van der Waals surface area contributed by atoms with Crippen LogP contribution in [0.1, 0.15) is 24.2 Å². The third-order valence-corrected chi connectivity index (χ3v) is 3.95. The third kappa shape index (κ3) is 3.48. The molecule has 1 N–H and O–H groups in total. The number of carbonyl (C=O) groups is 1. The van der Waals surface area contributed by atoms with E-state index >= 15 is 0 Å². The van der Waals surface area contributed by atoms with Crippen molar-refractivity contribution in [3.8, 4) is 5.75 Å². The molecule has 4 heteroatoms. The van der Waals surface area contributed by atoms with Gasteiger partial charge < -0.3 is 10.1 Å². The largest absolute Gasteiger partial charge is 0.497 e. The molecule has 0 bridgehead atoms. The maximum absolute atomic E-state index is 12.5. The van der Waals surface area contributed by atoms with E-state index in [4.69, 9.17) is 16.3 Å². The van der Waals surface area contributed by atoms with Crippen molar-refractivity contribution in [2.45, 2.75) is 19.9 Å². The molecule has 0 aliphatic carbocycles. The van der Waals surface area contributed by atoms with Crippen LogP contribution in [0.3, 0.4) is 0 Å². The van der Waals surface area contributed by atoms with E-state index in [1.165, 1.54) is 0 Å². The van der Waals surface area contributed by atoms with E-state index in [0.29, 0.717) is 11.4 Å². The predicted molar refractivity (Wildman–Crippen MR) is 87.3 cm³/mol. The Morgan fingerprint density at radius 3 is 2.67 bits per heavy atom. The number of rotatable bonds is 5. The monoisotopic (exact) mass is 305 g/mol. The zero-order chi connectivity index (χ0) is 15.4. The summed E-state index contributed by atoms with van der Waals surface area (Å²) in [5.41, 5.74) is 0.641. The van der Waals surface area contributed by atoms with Crippen LogP contribution in [-0.4, -0.2) is 24.9 Å². The van der Waals surface area contributed by atoms with Crippen molar-refractivity contribution in [3.63, 3.8) is 0 Å². The number of halogens is 1. The van der Waals surface area contributed by atoms with Gasteiger partial charge in [-0.1, -0.05) is 32.0 Å². The number of ether oxygens (including phenoxy) is 1. The van der Waals surface area contributed by atoms with Crippen molar-refractivity contribution in [3.05, 3.63) is 42.0 Å². The highest BCUT2D eigenvalue weighted by atomic mass is 35.5. The van der Waals surface area contributed by atoms with Crippen molar-refractivity contribution >= 4 is 28.3 Å². The fourth-order valence-electron chi connectivity index (χ4n) is 2.21. The molecular weight excluding hydrogens is 286 g/mol. The Balaban J connectivity index is 2.38. The van der Waals surface area contributed by atoms with E-state index in [2.05, 4.69) is 5.32 Å². The van der Waals surface area contributed by atoms with Gasteiger partial charge in [0.1, 0.15) is 5.75 Å². The van der Waals surface area contributed by atoms with Crippen molar-refractivity contribution in [1.82, 2.24) is 5.32 Å². The second-order valence-corrected chi connectivity index (χ2v) is 5.68. The average molecular weight is 306 g/mol. The first-order valence-corrected chi connectivity index (χ1v) is 7.54. The van der Waals surface area contributed by atoms with Gasteiger partial charge in [0.15, 0.2) is 0 Å². The topological polar surface area (TPSA) is 38.3 Å². The van der Waals surface area contributed by atoms with E-state index in [1.54, 1.807) is 7.11 Å². The van der Waals surface area contributed by atoms with Gasteiger partial charge in [0.05, 0.1) is 7.11 Å². The Kier molecular flexibility index (Phi) is 5.07. The van der Waals surface area contributed by atoms with Crippen LogP contribution < -0.4 is 10.1 Å². The van der Waals surface area contributed by atoms with E-state index in [9.17, 15) is 4.79 Å². The number of nitrogens with one attached hydrogen (secondary N) is 1. The molecule has 2 aromatic carbocycles. The van der Waals surface area contributed by atoms with Gasteiger partial charge in [-0.2, -0.15) is 0 Å². The summed E-state index contributed by atoms with van der Waals surface area (Å²) in [6.45, 7) is 4.08. The molecule has 0 radical (unpaired) electrons. The molecule has 0 aromatic heterocycles. The summed E-state index contributed by atoms with van der Waals surface area (Å²) in [4.78, 5) is 12.5. The Morgan fingerprint density at radius 1 is 1.29 bits per heavy atom. The van der Waals surface area contributed by atoms with Gasteiger partial charge in [-0.15, -0.1) is 11.6 Å². The quantitative estimate of drug-likeness (QED) is 0.852. The third-order valence-electron chi connectivity index (χ3n) is 3.62. The number of amides is 1. The molecule has 0 unspecified atom stereocenters. The highest BCUT2D eigenvalue weighted by molar-refractivity contribution is 6.18. The van der Waals surface area contributed by atoms with Crippen molar-refractivity contribution in [2.24, 2.45) is 5.92 Å². The number of hydrogen-bond donors (Lipinski definition) is 1. The molecule has 0 aliphatic rings. The van der Waals surface area contributed by atoms with Crippen molar-refractivity contribution in [2.75, 3.05) is 13.0 Å². The Hall–Kier alpha value is -1.74. The van der Waals surface area contributed by atoms with Crippen LogP contribution in [-0.2, 0) is 0 Å². The lowest BCUT2D eigenvalue weighted by Crippen LogP contribution is -2.39. The highest BCUT2D eigenvalue weighted by Crippen LogP contribution is 2.24. The molecule has 0 heterocycles. The summed E-state index contributed by atoms with van der Waals surface area (Å²) >= 11 is 5.93. The summed E-state index contributed by atoms with van der Waals surface area (Å²) in [5.74, 6) is 1.32. The van der Waals surface area contributed by atoms with E-state index < -0.39 is 0 Å². The molecule has 0 saturated carbocycles. The molecule has 0 saturated heterocycles. The first-order valence-electron chi connectivity index (χ1n) is 7.00. The number of hydrogen-bond acceptors (Lipinski definition) is 2. The van der Waals surface area contributed by atoms with Gasteiger partial charge in [0, 0.05) is 17.5 Å². The molecule has 0 aliphatic heterocycles. The first kappa shape index (κ1) is 15.6. The van der Waals surface area contributed by atoms with Crippen LogP contribution in [0.5, 0.6) is 5.75 Å². The minimum absolute atomic E-state index is 0.0416. The van der Waals surface area contributed by atoms with E-state index in [-0.39, 0.29) is 17.9 Å². The smallest absolute Gasteiger partial charge is 0.252 e. The average Bonchev–Trinajstić information content (AvgIpc) is 2.50. The van der Waals surface area contributed by atoms with Crippen LogP contribution in [0.2, 0.25) is 0 Å². The molecule has 112 valence electrons. The summed E-state index contributed by atoms with van der Waals surface area (Å²) in [5, 5.41) is 4.89. The number of alkyl halides is 1. The second kappa shape index (κ2) is 6.81. The Morgan fingerprint density at radius 2 is 2.05 bits per heavy atom. The van der Waals surface area contributed by atoms with Crippen LogP contribution in [0.4, 0.5) is 0 Å². The summed E-state index contributed by atoms with van der Waals surface area (Å²) in [7, 11) is 1.62. The molecule has 2 rings (SSSR count). The van der Waals surface area contributed by atoms with Crippen LogP contribution in [0.25, 0.3) is 10.8 Å². The first-order chi connectivity index (χ1) is 10.1. The number of methoxy groups -OCH3 is 1. The molecule has 21 heavy (non-hydrogen) atoms. The van der Waals surface area contributed by atoms with Crippen LogP contribution in [0, 0.1) is 5.92 Å². The molecule has 2 aromatic rings. The summed E-state index contributed by atoms with van der Waals surface area (Å²) in [6, 6.07) is 11.4. The van der Waals surface area contributed by atoms with Crippen molar-refractivity contribution in [1.29, 1.82) is 0 Å². The maximum Gasteiger partial charge on any atom is 0.252 e. The minimum atomic E-state index is -0.104. The fourth-order valence-corrected chi connectivity index (χ4v) is 2.64. The lowest BCUT2D eigenvalue weighted by Gasteiger charge is -2.20. The molecular formula is C17H20ClNO2. The zero-order valence-corrected chi connectivity index (χ0v) is 13.3. The molecule has 1 amide bonds. The van der Waals surface area contributed by atoms with Gasteiger partial charge in [-0.25, -0.2) is 0 Å². The molecule has 0 fully saturated rings. The maximum atomic E-state index is 12.5. The molecule has 0 spiro atoms. The van der Waals surface area contributed by atoms with E-state index in [1.807, 2.05) is 50.2 Å². The Labute approximate surface area is 130 Å². The number of carbonyl (C=O) groups excluding carboxylic acids is 1. The number of fused-ring (bicyclic) bond motifs is 1. The van der Waals surface area contributed by atoms with Crippen LogP contribution >= 0.6 is 11.6 Å². The van der Waals surface area contributed by atoms with Crippen molar-refractivity contribution < 1.29 is 9.53 Å². The predicted octanol–water partition coefficient (Wildman–Crippen LogP) is 3.84. The SMILES string of the molecule is COc1ccc2cccc(C(=O)N[C@H](CCl)C(C)C)c2c1. The van der Waals surface area contributed by atoms with Gasteiger partial charge in [0.25, 0.3) is 5.91 Å².